The summed E-state index contributed by atoms with van der Waals surface area (Å²) >= 11 is 1.78. The third kappa shape index (κ3) is 30.1. The second-order valence-electron chi connectivity index (χ2n) is 35.2. The SMILES string of the molecule is CN[C@@H](CSCC1O[C@H]2O[C@@H]3C(CO)O[C@H](O[C@@H]4C(CO)O[C@H](O[C@@H]5C(CO)O[C@H](O[C@H]6CC(O)[C@H](OC6CSC[C@H](CC(=O)CCOCCC(C)=O)C(=O)O)O[C@@H]6C(CO)O[C@@H](O[C@@H]7C(CO)O[C@@H](O[C@H]1[C@H](O)C2O)C(O)[C@H]7O)C(O)[C@H]6O)C(O)[C@H]5O)C(O)[C@H]4O)C(O)[C@H]3O)C(=O)O.C[C@@H]1CCN(C(=O)CC#N)C[C@@H]1N(C)c1ncnc2c1ccn2C(=O)OCCOC(=O)CCCCCNC(=O)C(F)(F)F. The summed E-state index contributed by atoms with van der Waals surface area (Å²) in [4.78, 5) is 109. The van der Waals surface area contributed by atoms with Crippen molar-refractivity contribution in [1.29, 1.82) is 5.26 Å². The van der Waals surface area contributed by atoms with Crippen molar-refractivity contribution in [3.63, 3.8) is 0 Å². The van der Waals surface area contributed by atoms with Gasteiger partial charge in [0.25, 0.3) is 0 Å². The molecule has 0 saturated carbocycles. The van der Waals surface area contributed by atoms with Crippen molar-refractivity contribution in [3.05, 3.63) is 18.6 Å². The second kappa shape index (κ2) is 54.9. The Kier molecular flexibility index (Phi) is 45.3. The number of nitrogens with one attached hydrogen (secondary N) is 2. The van der Waals surface area contributed by atoms with E-state index in [2.05, 4.69) is 22.2 Å². The van der Waals surface area contributed by atoms with Gasteiger partial charge in [-0.2, -0.15) is 42.0 Å². The molecule has 2 amide bonds. The summed E-state index contributed by atoms with van der Waals surface area (Å²) in [6, 6.07) is 2.34. The number of unbranched alkanes of at least 4 members (excludes halogenated alkanes) is 2. The summed E-state index contributed by atoms with van der Waals surface area (Å²) in [5.74, 6) is -7.66. The summed E-state index contributed by atoms with van der Waals surface area (Å²) in [6.07, 6.45) is -69.5. The molecule has 0 aromatic carbocycles. The van der Waals surface area contributed by atoms with E-state index in [0.29, 0.717) is 42.8 Å². The molecule has 24 heterocycles. The number of aliphatic hydroxyl groups is 18. The highest BCUT2D eigenvalue weighted by Gasteiger charge is 2.60. The van der Waals surface area contributed by atoms with Crippen molar-refractivity contribution in [3.8, 4) is 6.07 Å². The minimum Gasteiger partial charge on any atom is -0.481 e. The molecule has 806 valence electrons. The van der Waals surface area contributed by atoms with Crippen LogP contribution in [0.3, 0.4) is 0 Å². The van der Waals surface area contributed by atoms with Gasteiger partial charge >= 0.3 is 36.1 Å². The summed E-state index contributed by atoms with van der Waals surface area (Å²) < 4.78 is 136. The van der Waals surface area contributed by atoms with Gasteiger partial charge in [-0.1, -0.05) is 13.3 Å². The predicted octanol–water partition coefficient (Wildman–Crippen LogP) is -9.22. The quantitative estimate of drug-likeness (QED) is 0.0222. The molecule has 2 aromatic heterocycles. The molecule has 14 bridgehead atoms. The first-order chi connectivity index (χ1) is 67.5. The number of thioether (sulfide) groups is 2. The molecule has 14 unspecified atom stereocenters. The number of hydrogen-bond acceptors (Lipinski definition) is 50. The van der Waals surface area contributed by atoms with E-state index in [9.17, 15) is 154 Å². The number of carboxylic acid groups (broad SMARTS) is 2. The van der Waals surface area contributed by atoms with Crippen molar-refractivity contribution in [2.45, 2.75) is 305 Å². The van der Waals surface area contributed by atoms with E-state index in [0.717, 1.165) is 29.9 Å². The number of anilines is 1. The molecule has 2 aromatic rings. The number of aromatic nitrogens is 3. The number of amides is 2. The average Bonchev–Trinajstić information content (AvgIpc) is 1.01. The first kappa shape index (κ1) is 117. The van der Waals surface area contributed by atoms with Crippen LogP contribution in [0.4, 0.5) is 23.8 Å². The highest BCUT2D eigenvalue weighted by Crippen LogP contribution is 2.42. The minimum absolute atomic E-state index is 0.0282. The molecule has 38 atom stereocenters. The van der Waals surface area contributed by atoms with Crippen LogP contribution < -0.4 is 15.5 Å². The number of aliphatic carboxylic acids is 2. The maximum atomic E-state index is 12.9. The number of hydrogen-bond donors (Lipinski definition) is 22. The number of nitriles is 1. The number of rotatable bonds is 36. The lowest BCUT2D eigenvalue weighted by Crippen LogP contribution is -2.68. The van der Waals surface area contributed by atoms with Crippen LogP contribution in [-0.4, -0.2) is 512 Å². The summed E-state index contributed by atoms with van der Waals surface area (Å²) in [5, 5.41) is 238. The van der Waals surface area contributed by atoms with Crippen molar-refractivity contribution in [1.82, 2.24) is 30.1 Å². The first-order valence-corrected chi connectivity index (χ1v) is 48.1. The van der Waals surface area contributed by atoms with Gasteiger partial charge in [-0.05, 0) is 45.2 Å². The van der Waals surface area contributed by atoms with Crippen LogP contribution in [0.15, 0.2) is 18.6 Å². The molecule has 22 N–H and O–H groups in total. The van der Waals surface area contributed by atoms with Crippen LogP contribution in [0, 0.1) is 23.2 Å². The van der Waals surface area contributed by atoms with Crippen LogP contribution in [0.1, 0.15) is 78.1 Å². The molecule has 0 aliphatic carbocycles. The molecule has 22 fully saturated rings. The van der Waals surface area contributed by atoms with E-state index in [1.165, 1.54) is 31.1 Å². The van der Waals surface area contributed by atoms with E-state index in [1.807, 2.05) is 18.0 Å². The largest absolute Gasteiger partial charge is 0.481 e. The molecule has 53 nitrogen and oxygen atoms in total. The van der Waals surface area contributed by atoms with Crippen molar-refractivity contribution >= 4 is 87.8 Å². The number of carbonyl (C=O) groups excluding carboxylic acids is 6. The summed E-state index contributed by atoms with van der Waals surface area (Å²) in [6.45, 7) is -1.47. The maximum absolute atomic E-state index is 12.9. The minimum atomic E-state index is -4.92. The fourth-order valence-corrected chi connectivity index (χ4v) is 19.5. The Morgan fingerprint density at radius 3 is 1.46 bits per heavy atom. The number of Topliss-reactive ketones (excluding diaryl/α,β-unsaturated/α-hetero) is 2. The number of likely N-dealkylation sites (N-methyl/N-ethyl adjacent to an activating group) is 2. The predicted molar refractivity (Wildman–Crippen MR) is 465 cm³/mol. The number of carboxylic acids is 2. The lowest BCUT2D eigenvalue weighted by Gasteiger charge is -2.50. The summed E-state index contributed by atoms with van der Waals surface area (Å²) in [7, 11) is 3.21. The Bertz CT molecular complexity index is 4390. The van der Waals surface area contributed by atoms with Crippen LogP contribution >= 0.6 is 23.5 Å². The first-order valence-electron chi connectivity index (χ1n) is 45.8. The fraction of sp³-hybridized carbons (Fsp3) is 0.821. The Labute approximate surface area is 816 Å². The van der Waals surface area contributed by atoms with Gasteiger partial charge in [-0.25, -0.2) is 19.3 Å². The molecule has 22 aliphatic rings. The number of esters is 1. The van der Waals surface area contributed by atoms with Crippen molar-refractivity contribution < 1.29 is 234 Å². The maximum Gasteiger partial charge on any atom is 0.471 e. The van der Waals surface area contributed by atoms with Crippen molar-refractivity contribution in [2.24, 2.45) is 11.8 Å². The van der Waals surface area contributed by atoms with Crippen LogP contribution in [-0.2, 0) is 114 Å². The molecule has 0 spiro atoms. The third-order valence-corrected chi connectivity index (χ3v) is 27.6. The Hall–Kier alpha value is -6.80. The standard InChI is InChI=1S/C57H93NO39S2.C27H34F3N7O6/c1-18(64)3-5-83-6-4-20(65)7-19(49(79)80)14-98-16-29-23-8-22(66)51(90-29)92-43-24(9-59)86-53(38(74)32(43)68)94-46-27(12-62)89-56(41(77)35(46)71)97-48-30(17-99-15-21(58-2)50(81)82)91-57(42(78)36(48)72)96-47-28(13-63)88-55(40(76)34(47)70)95-45-26(11-61)87-54(39(75)33(45)69)93-44-25(10-60)85-52(84-23)37(73)31(44)67;1-18-8-12-36(21(38)7-10-31)16-20(18)35(2)23-19-9-13-37(24(19)34-17-33-23)26(41)43-15-14-42-22(39)6-4-3-5-11-32-25(40)27(28,29)30/h19,21-48,51-63,66-78H,3-17H2,1-2H3,(H,79,80)(H,81,82);9,13,17-18,20H,3-8,11-12,14-16H2,1-2H3,(H,32,40)/t19-,21-,22?,23-,24?,25?,26?,27?,28?,29?,30?,31+,32+,33+,34+,35+,36+,37?,38?,39?,40?,41?,42?,43+,44+,45+,46+,47+,48+,51+,52-,53-,54+,55+,56-,57-;18-,20+/m01/s1. The second-order valence-corrected chi connectivity index (χ2v) is 37.3. The van der Waals surface area contributed by atoms with Gasteiger partial charge in [-0.3, -0.25) is 33.6 Å². The van der Waals surface area contributed by atoms with Gasteiger partial charge < -0.3 is 203 Å². The molecular formula is C84H127F3N8O45S2. The van der Waals surface area contributed by atoms with Gasteiger partial charge in [0.05, 0.1) is 88.0 Å². The molecule has 22 saturated heterocycles. The normalized spacial score (nSPS) is 36.8. The lowest BCUT2D eigenvalue weighted by molar-refractivity contribution is -0.394. The monoisotopic (exact) mass is 2090 g/mol. The zero-order valence-corrected chi connectivity index (χ0v) is 79.0. The highest BCUT2D eigenvalue weighted by atomic mass is 32.2. The van der Waals surface area contributed by atoms with E-state index >= 15 is 0 Å². The molecule has 22 aliphatic heterocycles. The number of piperidine rings is 1. The van der Waals surface area contributed by atoms with E-state index < -0.39 is 309 Å². The number of ether oxygens (including phenoxy) is 17. The summed E-state index contributed by atoms with van der Waals surface area (Å²) in [5.41, 5.74) is 0.311. The average molecular weight is 2090 g/mol. The van der Waals surface area contributed by atoms with Gasteiger partial charge in [0.2, 0.25) is 5.91 Å². The molecule has 0 radical (unpaired) electrons. The number of alkyl halides is 3. The fourth-order valence-electron chi connectivity index (χ4n) is 17.1. The number of aliphatic hydroxyl groups excluding tert-OH is 18. The molecular weight excluding hydrogens is 1960 g/mol. The van der Waals surface area contributed by atoms with Crippen molar-refractivity contribution in [2.75, 3.05) is 121 Å². The number of carbonyl (C=O) groups is 8. The number of halogens is 3. The number of likely N-dealkylation sites (tertiary alicyclic amines) is 1. The van der Waals surface area contributed by atoms with Crippen LogP contribution in [0.2, 0.25) is 0 Å². The number of nitrogens with zero attached hydrogens (tertiary/aromatic N) is 6. The Balaban J connectivity index is 0.000000401. The highest BCUT2D eigenvalue weighted by molar-refractivity contribution is 7.99. The van der Waals surface area contributed by atoms with E-state index in [1.54, 1.807) is 16.3 Å². The Morgan fingerprint density at radius 1 is 0.556 bits per heavy atom. The van der Waals surface area contributed by atoms with Gasteiger partial charge in [-0.15, -0.1) is 0 Å². The Morgan fingerprint density at radius 2 is 1.00 bits per heavy atom. The zero-order chi connectivity index (χ0) is 104. The van der Waals surface area contributed by atoms with Crippen LogP contribution in [0.25, 0.3) is 11.0 Å². The van der Waals surface area contributed by atoms with Gasteiger partial charge in [0.15, 0.2) is 49.7 Å². The van der Waals surface area contributed by atoms with Gasteiger partial charge in [0, 0.05) is 88.0 Å². The van der Waals surface area contributed by atoms with E-state index in [4.69, 9.17) is 85.8 Å². The smallest absolute Gasteiger partial charge is 0.471 e. The van der Waals surface area contributed by atoms with Gasteiger partial charge in [0.1, 0.15) is 196 Å². The molecule has 142 heavy (non-hydrogen) atoms. The number of fused-ring (bicyclic) bond motifs is 1. The molecule has 58 heteroatoms. The lowest BCUT2D eigenvalue weighted by atomic mass is 9.92. The van der Waals surface area contributed by atoms with Crippen LogP contribution in [0.5, 0.6) is 0 Å². The topological polar surface area (TPSA) is 783 Å². The third-order valence-electron chi connectivity index (χ3n) is 25.2. The zero-order valence-electron chi connectivity index (χ0n) is 77.3. The van der Waals surface area contributed by atoms with E-state index in [-0.39, 0.29) is 112 Å². The number of ketones is 2. The molecule has 24 rings (SSSR count).